The topological polar surface area (TPSA) is 50.7 Å². The van der Waals surface area contributed by atoms with E-state index in [0.717, 1.165) is 33.5 Å². The van der Waals surface area contributed by atoms with E-state index in [4.69, 9.17) is 4.98 Å². The Morgan fingerprint density at radius 3 is 2.37 bits per heavy atom. The fourth-order valence-electron chi connectivity index (χ4n) is 3.59. The molecule has 2 aromatic heterocycles. The normalized spacial score (nSPS) is 11.3. The average molecular weight is 351 g/mol. The van der Waals surface area contributed by atoms with Gasteiger partial charge in [0.15, 0.2) is 0 Å². The molecule has 27 heavy (non-hydrogen) atoms. The van der Waals surface area contributed by atoms with Crippen LogP contribution >= 0.6 is 0 Å². The van der Waals surface area contributed by atoms with Gasteiger partial charge in [-0.15, -0.1) is 0 Å². The molecule has 5 aromatic rings. The maximum absolute atomic E-state index is 13.3. The van der Waals surface area contributed by atoms with Crippen LogP contribution in [0.2, 0.25) is 0 Å². The number of aromatic nitrogens is 3. The van der Waals surface area contributed by atoms with Crippen molar-refractivity contribution in [2.75, 3.05) is 0 Å². The molecule has 2 heterocycles. The van der Waals surface area contributed by atoms with Gasteiger partial charge in [-0.25, -0.2) is 4.98 Å². The molecule has 1 N–H and O–H groups in total. The molecular formula is C23H17N3O. The van der Waals surface area contributed by atoms with Gasteiger partial charge in [0, 0.05) is 23.5 Å². The molecule has 0 spiro atoms. The first kappa shape index (κ1) is 15.6. The summed E-state index contributed by atoms with van der Waals surface area (Å²) < 4.78 is 1.73. The van der Waals surface area contributed by atoms with E-state index >= 15 is 0 Å². The van der Waals surface area contributed by atoms with Crippen molar-refractivity contribution in [3.63, 3.8) is 0 Å². The Kier molecular flexibility index (Phi) is 3.61. The van der Waals surface area contributed by atoms with Gasteiger partial charge in [-0.3, -0.25) is 9.36 Å². The third kappa shape index (κ3) is 2.62. The van der Waals surface area contributed by atoms with Crippen LogP contribution in [0.15, 0.2) is 89.9 Å². The van der Waals surface area contributed by atoms with Crippen LogP contribution in [0, 0.1) is 0 Å². The third-order valence-electron chi connectivity index (χ3n) is 4.88. The summed E-state index contributed by atoms with van der Waals surface area (Å²) in [6.07, 6.45) is 2.57. The fourth-order valence-corrected chi connectivity index (χ4v) is 3.59. The lowest BCUT2D eigenvalue weighted by Crippen LogP contribution is -2.24. The number of aromatic amines is 1. The first-order valence-electron chi connectivity index (χ1n) is 8.92. The standard InChI is InChI=1S/C23H17N3O/c27-23-19-11-5-7-13-21(19)25-22(26(23)17-8-2-1-3-9-17)14-16-15-24-20-12-6-4-10-18(16)20/h1-13,15,24H,14H2. The molecule has 5 rings (SSSR count). The van der Waals surface area contributed by atoms with Gasteiger partial charge in [0.25, 0.3) is 5.56 Å². The monoisotopic (exact) mass is 351 g/mol. The summed E-state index contributed by atoms with van der Waals surface area (Å²) in [6, 6.07) is 25.4. The van der Waals surface area contributed by atoms with Gasteiger partial charge in [-0.05, 0) is 35.9 Å². The zero-order valence-corrected chi connectivity index (χ0v) is 14.6. The highest BCUT2D eigenvalue weighted by atomic mass is 16.1. The van der Waals surface area contributed by atoms with E-state index in [1.165, 1.54) is 0 Å². The van der Waals surface area contributed by atoms with E-state index in [9.17, 15) is 4.79 Å². The molecule has 3 aromatic carbocycles. The van der Waals surface area contributed by atoms with Crippen molar-refractivity contribution in [1.82, 2.24) is 14.5 Å². The zero-order valence-electron chi connectivity index (χ0n) is 14.6. The van der Waals surface area contributed by atoms with Crippen LogP contribution in [0.1, 0.15) is 11.4 Å². The predicted octanol–water partition coefficient (Wildman–Crippen LogP) is 4.46. The zero-order chi connectivity index (χ0) is 18.2. The quantitative estimate of drug-likeness (QED) is 0.522. The smallest absolute Gasteiger partial charge is 0.265 e. The minimum Gasteiger partial charge on any atom is -0.361 e. The van der Waals surface area contributed by atoms with Crippen molar-refractivity contribution in [3.8, 4) is 5.69 Å². The average Bonchev–Trinajstić information content (AvgIpc) is 3.12. The number of nitrogens with zero attached hydrogens (tertiary/aromatic N) is 2. The molecule has 0 bridgehead atoms. The van der Waals surface area contributed by atoms with Gasteiger partial charge in [0.2, 0.25) is 0 Å². The summed E-state index contributed by atoms with van der Waals surface area (Å²) in [7, 11) is 0. The first-order chi connectivity index (χ1) is 13.3. The molecule has 0 aliphatic rings. The number of para-hydroxylation sites is 3. The number of hydrogen-bond acceptors (Lipinski definition) is 2. The van der Waals surface area contributed by atoms with Crippen LogP contribution in [0.3, 0.4) is 0 Å². The highest BCUT2D eigenvalue weighted by molar-refractivity contribution is 5.83. The van der Waals surface area contributed by atoms with E-state index in [-0.39, 0.29) is 5.56 Å². The van der Waals surface area contributed by atoms with Crippen LogP contribution in [-0.2, 0) is 6.42 Å². The Bertz CT molecular complexity index is 1320. The summed E-state index contributed by atoms with van der Waals surface area (Å²) in [4.78, 5) is 21.4. The second-order valence-electron chi connectivity index (χ2n) is 6.56. The molecule has 4 heteroatoms. The summed E-state index contributed by atoms with van der Waals surface area (Å²) in [5.74, 6) is 0.731. The van der Waals surface area contributed by atoms with Crippen molar-refractivity contribution in [1.29, 1.82) is 0 Å². The van der Waals surface area contributed by atoms with Crippen molar-refractivity contribution in [3.05, 3.63) is 107 Å². The van der Waals surface area contributed by atoms with Crippen LogP contribution in [0.5, 0.6) is 0 Å². The molecule has 0 saturated heterocycles. The first-order valence-corrected chi connectivity index (χ1v) is 8.92. The summed E-state index contributed by atoms with van der Waals surface area (Å²) in [6.45, 7) is 0. The van der Waals surface area contributed by atoms with Crippen LogP contribution in [0.25, 0.3) is 27.5 Å². The fraction of sp³-hybridized carbons (Fsp3) is 0.0435. The minimum atomic E-state index is -0.0401. The molecule has 0 saturated carbocycles. The number of rotatable bonds is 3. The highest BCUT2D eigenvalue weighted by Gasteiger charge is 2.14. The van der Waals surface area contributed by atoms with E-state index < -0.39 is 0 Å². The van der Waals surface area contributed by atoms with Crippen LogP contribution < -0.4 is 5.56 Å². The largest absolute Gasteiger partial charge is 0.361 e. The van der Waals surface area contributed by atoms with Crippen molar-refractivity contribution < 1.29 is 0 Å². The summed E-state index contributed by atoms with van der Waals surface area (Å²) >= 11 is 0. The van der Waals surface area contributed by atoms with Crippen LogP contribution in [-0.4, -0.2) is 14.5 Å². The Balaban J connectivity index is 1.76. The second-order valence-corrected chi connectivity index (χ2v) is 6.56. The maximum Gasteiger partial charge on any atom is 0.265 e. The lowest BCUT2D eigenvalue weighted by Gasteiger charge is -2.13. The molecule has 4 nitrogen and oxygen atoms in total. The minimum absolute atomic E-state index is 0.0401. The number of H-pyrrole nitrogens is 1. The van der Waals surface area contributed by atoms with E-state index in [1.54, 1.807) is 4.57 Å². The van der Waals surface area contributed by atoms with Crippen molar-refractivity contribution >= 4 is 21.8 Å². The Labute approximate surface area is 155 Å². The van der Waals surface area contributed by atoms with Gasteiger partial charge in [-0.1, -0.05) is 48.5 Å². The maximum atomic E-state index is 13.3. The molecule has 0 aliphatic heterocycles. The number of benzene rings is 3. The Morgan fingerprint density at radius 2 is 1.52 bits per heavy atom. The van der Waals surface area contributed by atoms with Gasteiger partial charge in [0.1, 0.15) is 5.82 Å². The van der Waals surface area contributed by atoms with Crippen molar-refractivity contribution in [2.45, 2.75) is 6.42 Å². The molecule has 0 aliphatic carbocycles. The molecule has 0 radical (unpaired) electrons. The van der Waals surface area contributed by atoms with Gasteiger partial charge < -0.3 is 4.98 Å². The molecule has 0 unspecified atom stereocenters. The molecular weight excluding hydrogens is 334 g/mol. The molecule has 0 atom stereocenters. The summed E-state index contributed by atoms with van der Waals surface area (Å²) in [5, 5.41) is 1.78. The number of fused-ring (bicyclic) bond motifs is 2. The lowest BCUT2D eigenvalue weighted by molar-refractivity contribution is 0.852. The van der Waals surface area contributed by atoms with Crippen LogP contribution in [0.4, 0.5) is 0 Å². The second kappa shape index (κ2) is 6.25. The highest BCUT2D eigenvalue weighted by Crippen LogP contribution is 2.22. The Morgan fingerprint density at radius 1 is 0.815 bits per heavy atom. The predicted molar refractivity (Wildman–Crippen MR) is 108 cm³/mol. The molecule has 0 fully saturated rings. The lowest BCUT2D eigenvalue weighted by atomic mass is 10.1. The van der Waals surface area contributed by atoms with Crippen molar-refractivity contribution in [2.24, 2.45) is 0 Å². The van der Waals surface area contributed by atoms with Gasteiger partial charge >= 0.3 is 0 Å². The SMILES string of the molecule is O=c1c2ccccc2nc(Cc2c[nH]c3ccccc23)n1-c1ccccc1. The molecule has 130 valence electrons. The Hall–Kier alpha value is -3.66. The van der Waals surface area contributed by atoms with E-state index in [2.05, 4.69) is 17.1 Å². The number of hydrogen-bond donors (Lipinski definition) is 1. The third-order valence-corrected chi connectivity index (χ3v) is 4.88. The molecule has 0 amide bonds. The summed E-state index contributed by atoms with van der Waals surface area (Å²) in [5.41, 5.74) is 3.72. The number of nitrogens with one attached hydrogen (secondary N) is 1. The van der Waals surface area contributed by atoms with E-state index in [0.29, 0.717) is 11.8 Å². The van der Waals surface area contributed by atoms with Gasteiger partial charge in [-0.2, -0.15) is 0 Å². The van der Waals surface area contributed by atoms with Gasteiger partial charge in [0.05, 0.1) is 16.6 Å². The van der Waals surface area contributed by atoms with E-state index in [1.807, 2.05) is 72.9 Å².